The predicted octanol–water partition coefficient (Wildman–Crippen LogP) is 2.02. The standard InChI is InChI=1S/C22H22O8/c1-25-17-6-13(7-18(26-2)20(17)27-3)22(24)14-8-16-15(29-10-30-16)5-11(14)4-12-9-28-21(23)19(12)22/h5-8,12,19,24H,4,9-10H2,1-3H3/t12-,19+,22-/m0/s1. The zero-order valence-corrected chi connectivity index (χ0v) is 16.9. The lowest BCUT2D eigenvalue weighted by Gasteiger charge is -2.41. The van der Waals surface area contributed by atoms with Gasteiger partial charge < -0.3 is 33.5 Å². The first kappa shape index (κ1) is 18.9. The minimum atomic E-state index is -1.67. The third kappa shape index (κ3) is 2.46. The summed E-state index contributed by atoms with van der Waals surface area (Å²) in [7, 11) is 4.52. The van der Waals surface area contributed by atoms with Gasteiger partial charge in [-0.1, -0.05) is 0 Å². The summed E-state index contributed by atoms with van der Waals surface area (Å²) in [5.74, 6) is 0.961. The number of carbonyl (C=O) groups is 1. The molecule has 1 aliphatic carbocycles. The number of benzene rings is 2. The molecule has 5 rings (SSSR count). The summed E-state index contributed by atoms with van der Waals surface area (Å²) in [5, 5.41) is 12.2. The van der Waals surface area contributed by atoms with Gasteiger partial charge in [-0.3, -0.25) is 4.79 Å². The summed E-state index contributed by atoms with van der Waals surface area (Å²) < 4.78 is 32.8. The van der Waals surface area contributed by atoms with Crippen LogP contribution in [-0.4, -0.2) is 45.8 Å². The molecule has 0 unspecified atom stereocenters. The number of esters is 1. The fourth-order valence-electron chi connectivity index (χ4n) is 4.85. The lowest BCUT2D eigenvalue weighted by atomic mass is 9.64. The van der Waals surface area contributed by atoms with Crippen LogP contribution in [0.3, 0.4) is 0 Å². The summed E-state index contributed by atoms with van der Waals surface area (Å²) in [5.41, 5.74) is 0.251. The predicted molar refractivity (Wildman–Crippen MR) is 103 cm³/mol. The highest BCUT2D eigenvalue weighted by Crippen LogP contribution is 2.54. The van der Waals surface area contributed by atoms with Crippen molar-refractivity contribution < 1.29 is 38.3 Å². The average Bonchev–Trinajstić information content (AvgIpc) is 3.37. The molecule has 3 atom stereocenters. The van der Waals surface area contributed by atoms with Gasteiger partial charge in [-0.05, 0) is 47.4 Å². The molecular formula is C22H22O8. The SMILES string of the molecule is COc1cc([C@]2(O)c3cc4c(cc3C[C@H]3COC(=O)[C@@H]32)OCO4)cc(OC)c1OC. The number of aliphatic hydroxyl groups is 1. The van der Waals surface area contributed by atoms with Gasteiger partial charge in [0.2, 0.25) is 12.5 Å². The van der Waals surface area contributed by atoms with E-state index in [4.69, 9.17) is 28.4 Å². The fraction of sp³-hybridized carbons (Fsp3) is 0.409. The highest BCUT2D eigenvalue weighted by atomic mass is 16.7. The highest BCUT2D eigenvalue weighted by molar-refractivity contribution is 5.79. The second-order valence-corrected chi connectivity index (χ2v) is 7.61. The molecule has 1 saturated heterocycles. The van der Waals surface area contributed by atoms with E-state index in [0.717, 1.165) is 5.56 Å². The maximum atomic E-state index is 12.7. The average molecular weight is 414 g/mol. The van der Waals surface area contributed by atoms with Crippen LogP contribution < -0.4 is 23.7 Å². The number of fused-ring (bicyclic) bond motifs is 3. The van der Waals surface area contributed by atoms with Crippen molar-refractivity contribution >= 4 is 5.97 Å². The second-order valence-electron chi connectivity index (χ2n) is 7.61. The van der Waals surface area contributed by atoms with Crippen LogP contribution in [0.25, 0.3) is 0 Å². The molecule has 0 saturated carbocycles. The van der Waals surface area contributed by atoms with Gasteiger partial charge in [0.05, 0.1) is 27.9 Å². The van der Waals surface area contributed by atoms with Crippen LogP contribution in [-0.2, 0) is 21.6 Å². The van der Waals surface area contributed by atoms with Crippen molar-refractivity contribution in [3.05, 3.63) is 41.0 Å². The Morgan fingerprint density at radius 2 is 1.63 bits per heavy atom. The number of ether oxygens (including phenoxy) is 6. The fourth-order valence-corrected chi connectivity index (χ4v) is 4.85. The summed E-state index contributed by atoms with van der Waals surface area (Å²) in [6.45, 7) is 0.375. The van der Waals surface area contributed by atoms with Gasteiger partial charge in [0.25, 0.3) is 0 Å². The molecule has 0 aromatic heterocycles. The minimum Gasteiger partial charge on any atom is -0.493 e. The van der Waals surface area contributed by atoms with Crippen LogP contribution in [0, 0.1) is 11.8 Å². The Morgan fingerprint density at radius 3 is 2.27 bits per heavy atom. The lowest BCUT2D eigenvalue weighted by Crippen LogP contribution is -2.46. The number of carbonyl (C=O) groups excluding carboxylic acids is 1. The van der Waals surface area contributed by atoms with Gasteiger partial charge in [-0.25, -0.2) is 0 Å². The van der Waals surface area contributed by atoms with Crippen molar-refractivity contribution in [3.63, 3.8) is 0 Å². The molecule has 8 nitrogen and oxygen atoms in total. The quantitative estimate of drug-likeness (QED) is 0.760. The Labute approximate surface area is 173 Å². The largest absolute Gasteiger partial charge is 0.493 e. The topological polar surface area (TPSA) is 92.7 Å². The van der Waals surface area contributed by atoms with Crippen LogP contribution in [0.5, 0.6) is 28.7 Å². The number of hydrogen-bond acceptors (Lipinski definition) is 8. The van der Waals surface area contributed by atoms with E-state index in [1.54, 1.807) is 18.2 Å². The van der Waals surface area contributed by atoms with Crippen molar-refractivity contribution in [2.45, 2.75) is 12.0 Å². The van der Waals surface area contributed by atoms with E-state index in [2.05, 4.69) is 0 Å². The molecule has 3 aliphatic rings. The van der Waals surface area contributed by atoms with Gasteiger partial charge in [-0.15, -0.1) is 0 Å². The zero-order valence-electron chi connectivity index (χ0n) is 16.9. The van der Waals surface area contributed by atoms with Gasteiger partial charge in [0, 0.05) is 5.92 Å². The number of rotatable bonds is 4. The van der Waals surface area contributed by atoms with Crippen molar-refractivity contribution in [3.8, 4) is 28.7 Å². The van der Waals surface area contributed by atoms with Crippen molar-refractivity contribution in [2.75, 3.05) is 34.7 Å². The van der Waals surface area contributed by atoms with E-state index >= 15 is 0 Å². The first-order valence-corrected chi connectivity index (χ1v) is 9.63. The number of methoxy groups -OCH3 is 3. The molecule has 2 heterocycles. The van der Waals surface area contributed by atoms with E-state index in [0.29, 0.717) is 46.3 Å². The van der Waals surface area contributed by atoms with Gasteiger partial charge in [-0.2, -0.15) is 0 Å². The van der Waals surface area contributed by atoms with Gasteiger partial charge in [0.15, 0.2) is 23.0 Å². The molecule has 2 aromatic carbocycles. The van der Waals surface area contributed by atoms with Crippen molar-refractivity contribution in [2.24, 2.45) is 11.8 Å². The summed E-state index contributed by atoms with van der Waals surface area (Å²) >= 11 is 0. The normalized spacial score (nSPS) is 25.9. The molecule has 30 heavy (non-hydrogen) atoms. The molecule has 0 radical (unpaired) electrons. The molecule has 1 fully saturated rings. The lowest BCUT2D eigenvalue weighted by molar-refractivity contribution is -0.148. The maximum Gasteiger partial charge on any atom is 0.313 e. The molecular weight excluding hydrogens is 392 g/mol. The monoisotopic (exact) mass is 414 g/mol. The van der Waals surface area contributed by atoms with E-state index in [1.807, 2.05) is 6.07 Å². The Balaban J connectivity index is 1.78. The number of cyclic esters (lactones) is 1. The van der Waals surface area contributed by atoms with Crippen LogP contribution in [0.1, 0.15) is 16.7 Å². The number of hydrogen-bond donors (Lipinski definition) is 1. The Morgan fingerprint density at radius 1 is 0.967 bits per heavy atom. The Hall–Kier alpha value is -3.13. The summed E-state index contributed by atoms with van der Waals surface area (Å²) in [4.78, 5) is 12.7. The van der Waals surface area contributed by atoms with Crippen LogP contribution in [0.15, 0.2) is 24.3 Å². The highest BCUT2D eigenvalue weighted by Gasteiger charge is 2.57. The van der Waals surface area contributed by atoms with Crippen LogP contribution >= 0.6 is 0 Å². The van der Waals surface area contributed by atoms with Crippen LogP contribution in [0.2, 0.25) is 0 Å². The van der Waals surface area contributed by atoms with Crippen molar-refractivity contribution in [1.29, 1.82) is 0 Å². The van der Waals surface area contributed by atoms with Gasteiger partial charge in [0.1, 0.15) is 11.5 Å². The zero-order chi connectivity index (χ0) is 21.0. The molecule has 0 bridgehead atoms. The maximum absolute atomic E-state index is 12.7. The molecule has 0 spiro atoms. The van der Waals surface area contributed by atoms with Crippen LogP contribution in [0.4, 0.5) is 0 Å². The molecule has 1 N–H and O–H groups in total. The first-order valence-electron chi connectivity index (χ1n) is 9.63. The Bertz CT molecular complexity index is 1010. The van der Waals surface area contributed by atoms with E-state index in [9.17, 15) is 9.90 Å². The molecule has 2 aromatic rings. The van der Waals surface area contributed by atoms with Crippen molar-refractivity contribution in [1.82, 2.24) is 0 Å². The second kappa shape index (κ2) is 6.70. The minimum absolute atomic E-state index is 0.121. The Kier molecular flexibility index (Phi) is 4.21. The summed E-state index contributed by atoms with van der Waals surface area (Å²) in [6.07, 6.45) is 0.592. The third-order valence-electron chi connectivity index (χ3n) is 6.21. The summed E-state index contributed by atoms with van der Waals surface area (Å²) in [6, 6.07) is 6.97. The van der Waals surface area contributed by atoms with E-state index in [-0.39, 0.29) is 19.3 Å². The smallest absolute Gasteiger partial charge is 0.313 e. The molecule has 158 valence electrons. The van der Waals surface area contributed by atoms with E-state index < -0.39 is 17.5 Å². The molecule has 0 amide bonds. The first-order chi connectivity index (χ1) is 14.5. The molecule has 2 aliphatic heterocycles. The molecule has 8 heteroatoms. The van der Waals surface area contributed by atoms with Gasteiger partial charge >= 0.3 is 5.97 Å². The third-order valence-corrected chi connectivity index (χ3v) is 6.21. The van der Waals surface area contributed by atoms with E-state index in [1.165, 1.54) is 21.3 Å².